The molecule has 1 aliphatic rings. The molecule has 0 spiro atoms. The van der Waals surface area contributed by atoms with Crippen molar-refractivity contribution in [2.75, 3.05) is 6.54 Å². The van der Waals surface area contributed by atoms with Gasteiger partial charge in [0, 0.05) is 6.54 Å². The number of hydrogen-bond acceptors (Lipinski definition) is 9. The number of likely N-dealkylation sites (tertiary alicyclic amines) is 1. The Hall–Kier alpha value is -7.08. The molecule has 2 N–H and O–H groups in total. The Kier molecular flexibility index (Phi) is 13.9. The lowest BCUT2D eigenvalue weighted by atomic mass is 9.83. The van der Waals surface area contributed by atoms with Gasteiger partial charge in [-0.3, -0.25) is 30.1 Å². The van der Waals surface area contributed by atoms with Gasteiger partial charge in [-0.1, -0.05) is 146 Å². The number of amides is 4. The molecule has 57 heavy (non-hydrogen) atoms. The molecule has 0 saturated carbocycles. The number of nitrogens with zero attached hydrogens (tertiary/aromatic N) is 2. The van der Waals surface area contributed by atoms with E-state index in [4.69, 9.17) is 14.2 Å². The van der Waals surface area contributed by atoms with Crippen LogP contribution in [0.25, 0.3) is 11.1 Å². The second-order valence-electron chi connectivity index (χ2n) is 13.2. The first-order chi connectivity index (χ1) is 27.8. The highest BCUT2D eigenvalue weighted by molar-refractivity contribution is 6.08. The van der Waals surface area contributed by atoms with Crippen LogP contribution in [0.5, 0.6) is 0 Å². The van der Waals surface area contributed by atoms with Crippen LogP contribution in [0.2, 0.25) is 0 Å². The highest BCUT2D eigenvalue weighted by atomic mass is 16.6. The molecule has 6 rings (SSSR count). The molecule has 1 fully saturated rings. The molecule has 12 heteroatoms. The zero-order valence-electron chi connectivity index (χ0n) is 31.1. The fourth-order valence-electron chi connectivity index (χ4n) is 6.22. The van der Waals surface area contributed by atoms with Gasteiger partial charge in [-0.25, -0.2) is 14.4 Å². The van der Waals surface area contributed by atoms with E-state index in [9.17, 15) is 24.0 Å². The number of esters is 1. The minimum Gasteiger partial charge on any atom is -0.459 e. The Morgan fingerprint density at radius 2 is 1.02 bits per heavy atom. The molecule has 1 aliphatic heterocycles. The van der Waals surface area contributed by atoms with Crippen LogP contribution >= 0.6 is 0 Å². The molecule has 5 aromatic carbocycles. The average molecular weight is 767 g/mol. The maximum Gasteiger partial charge on any atom is 0.414 e. The van der Waals surface area contributed by atoms with Crippen LogP contribution in [0.15, 0.2) is 151 Å². The number of ether oxygens (including phenoxy) is 3. The van der Waals surface area contributed by atoms with Crippen molar-refractivity contribution in [2.24, 2.45) is 10.9 Å². The summed E-state index contributed by atoms with van der Waals surface area (Å²) >= 11 is 0. The third-order valence-electron chi connectivity index (χ3n) is 9.17. The summed E-state index contributed by atoms with van der Waals surface area (Å²) in [6.07, 6.45) is -1.37. The van der Waals surface area contributed by atoms with Gasteiger partial charge in [-0.2, -0.15) is 0 Å². The van der Waals surface area contributed by atoms with E-state index >= 15 is 0 Å². The van der Waals surface area contributed by atoms with Gasteiger partial charge in [0.25, 0.3) is 0 Å². The van der Waals surface area contributed by atoms with Crippen molar-refractivity contribution in [3.05, 3.63) is 168 Å². The first-order valence-corrected chi connectivity index (χ1v) is 18.5. The third kappa shape index (κ3) is 11.5. The summed E-state index contributed by atoms with van der Waals surface area (Å²) in [5.41, 5.74) is 4.99. The molecule has 290 valence electrons. The number of imide groups is 1. The van der Waals surface area contributed by atoms with Gasteiger partial charge in [0.05, 0.1) is 12.3 Å². The molecule has 1 saturated heterocycles. The van der Waals surface area contributed by atoms with E-state index in [2.05, 4.69) is 15.6 Å². The second kappa shape index (κ2) is 20.0. The number of alkyl carbamates (subject to hydrolysis) is 2. The van der Waals surface area contributed by atoms with Crippen molar-refractivity contribution in [1.29, 1.82) is 0 Å². The topological polar surface area (TPSA) is 153 Å². The van der Waals surface area contributed by atoms with Gasteiger partial charge < -0.3 is 14.2 Å². The molecular formula is C45H42N4O8. The Labute approximate surface area is 330 Å². The minimum atomic E-state index is -1.13. The Balaban J connectivity index is 1.09. The molecule has 12 nitrogen and oxygen atoms in total. The fraction of sp³-hybridized carbons (Fsp3) is 0.200. The van der Waals surface area contributed by atoms with Crippen LogP contribution in [0.4, 0.5) is 9.59 Å². The molecule has 0 aliphatic carbocycles. The summed E-state index contributed by atoms with van der Waals surface area (Å²) in [6.45, 7) is -0.0211. The molecule has 0 bridgehead atoms. The molecule has 0 aromatic heterocycles. The number of nitrogens with one attached hydrogen (secondary N) is 2. The van der Waals surface area contributed by atoms with Crippen molar-refractivity contribution >= 4 is 35.9 Å². The quantitative estimate of drug-likeness (QED) is 0.0307. The molecule has 0 radical (unpaired) electrons. The summed E-state index contributed by atoms with van der Waals surface area (Å²) < 4.78 is 16.2. The van der Waals surface area contributed by atoms with E-state index < -0.39 is 41.9 Å². The van der Waals surface area contributed by atoms with Gasteiger partial charge in [0.1, 0.15) is 25.9 Å². The monoisotopic (exact) mass is 766 g/mol. The van der Waals surface area contributed by atoms with E-state index in [-0.39, 0.29) is 51.6 Å². The summed E-state index contributed by atoms with van der Waals surface area (Å²) in [6, 6.07) is 43.4. The normalized spacial score (nSPS) is 14.4. The SMILES string of the molecule is O=C(NC(=NCCCC1C(=O)N(C(=O)Cc2ccc(-c3ccccc3)cc2)C1C(=O)OCc1ccccc1)NC(=O)OCc1ccccc1)OCc1ccccc1. The van der Waals surface area contributed by atoms with E-state index in [0.717, 1.165) is 32.7 Å². The molecule has 2 unspecified atom stereocenters. The van der Waals surface area contributed by atoms with Crippen LogP contribution in [0, 0.1) is 5.92 Å². The standard InChI is InChI=1S/C45H42N4O8/c50-39(28-32-23-25-37(26-24-32)36-20-11-4-12-21-36)49-40(42(52)55-29-33-14-5-1-6-15-33)38(41(49)51)22-13-27-46-43(47-44(53)56-30-34-16-7-2-8-17-34)48-45(54)57-31-35-18-9-3-10-19-35/h1-12,14-21,23-26,38,40H,13,22,27-31H2,(H2,46,47,48,53,54). The van der Waals surface area contributed by atoms with Crippen LogP contribution < -0.4 is 10.6 Å². The third-order valence-corrected chi connectivity index (χ3v) is 9.17. The van der Waals surface area contributed by atoms with E-state index in [0.29, 0.717) is 5.56 Å². The van der Waals surface area contributed by atoms with Crippen molar-refractivity contribution in [3.8, 4) is 11.1 Å². The van der Waals surface area contributed by atoms with Crippen LogP contribution in [0.1, 0.15) is 35.1 Å². The molecular weight excluding hydrogens is 725 g/mol. The molecule has 4 amide bonds. The van der Waals surface area contributed by atoms with E-state index in [1.54, 1.807) is 24.3 Å². The van der Waals surface area contributed by atoms with Crippen molar-refractivity contribution < 1.29 is 38.2 Å². The van der Waals surface area contributed by atoms with E-state index in [1.165, 1.54) is 0 Å². The van der Waals surface area contributed by atoms with Gasteiger partial charge in [-0.05, 0) is 46.2 Å². The van der Waals surface area contributed by atoms with E-state index in [1.807, 2.05) is 121 Å². The number of rotatable bonds is 14. The first-order valence-electron chi connectivity index (χ1n) is 18.5. The number of carbonyl (C=O) groups is 5. The first kappa shape index (κ1) is 39.6. The summed E-state index contributed by atoms with van der Waals surface area (Å²) in [7, 11) is 0. The summed E-state index contributed by atoms with van der Waals surface area (Å²) in [4.78, 5) is 71.3. The van der Waals surface area contributed by atoms with Crippen molar-refractivity contribution in [1.82, 2.24) is 15.5 Å². The minimum absolute atomic E-state index is 0.0157. The zero-order valence-corrected chi connectivity index (χ0v) is 31.1. The van der Waals surface area contributed by atoms with Crippen molar-refractivity contribution in [3.63, 3.8) is 0 Å². The predicted octanol–water partition coefficient (Wildman–Crippen LogP) is 6.98. The molecule has 1 heterocycles. The zero-order chi connectivity index (χ0) is 39.8. The molecule has 2 atom stereocenters. The van der Waals surface area contributed by atoms with Crippen molar-refractivity contribution in [2.45, 2.75) is 45.1 Å². The van der Waals surface area contributed by atoms with Gasteiger partial charge in [0.15, 0.2) is 0 Å². The number of β-lactam (4-membered cyclic amide) rings is 1. The second-order valence-corrected chi connectivity index (χ2v) is 13.2. The number of hydrogen-bond donors (Lipinski definition) is 2. The lowest BCUT2D eigenvalue weighted by Gasteiger charge is -2.44. The lowest BCUT2D eigenvalue weighted by Crippen LogP contribution is -2.66. The summed E-state index contributed by atoms with van der Waals surface area (Å²) in [5, 5.41) is 4.88. The summed E-state index contributed by atoms with van der Waals surface area (Å²) in [5.74, 6) is -2.76. The van der Waals surface area contributed by atoms with Gasteiger partial charge in [-0.15, -0.1) is 0 Å². The van der Waals surface area contributed by atoms with Crippen LogP contribution in [0.3, 0.4) is 0 Å². The highest BCUT2D eigenvalue weighted by Gasteiger charge is 2.54. The average Bonchev–Trinajstić information content (AvgIpc) is 3.24. The predicted molar refractivity (Wildman–Crippen MR) is 212 cm³/mol. The lowest BCUT2D eigenvalue weighted by molar-refractivity contribution is -0.180. The largest absolute Gasteiger partial charge is 0.459 e. The maximum absolute atomic E-state index is 13.6. The number of aliphatic imine (C=N–C) groups is 1. The number of benzene rings is 5. The number of guanidine groups is 1. The molecule has 5 aromatic rings. The number of carbonyl (C=O) groups excluding carboxylic acids is 5. The van der Waals surface area contributed by atoms with Crippen LogP contribution in [-0.4, -0.2) is 53.4 Å². The van der Waals surface area contributed by atoms with Crippen LogP contribution in [-0.2, 0) is 54.8 Å². The van der Waals surface area contributed by atoms with Gasteiger partial charge in [0.2, 0.25) is 17.8 Å². The van der Waals surface area contributed by atoms with Gasteiger partial charge >= 0.3 is 18.2 Å². The smallest absolute Gasteiger partial charge is 0.414 e. The Bertz CT molecular complexity index is 2090. The Morgan fingerprint density at radius 1 is 0.561 bits per heavy atom. The maximum atomic E-state index is 13.6. The Morgan fingerprint density at radius 3 is 1.53 bits per heavy atom. The fourth-order valence-corrected chi connectivity index (χ4v) is 6.22. The highest BCUT2D eigenvalue weighted by Crippen LogP contribution is 2.33.